The molecule has 2 unspecified atom stereocenters. The van der Waals surface area contributed by atoms with E-state index in [0.29, 0.717) is 6.10 Å². The minimum Gasteiger partial charge on any atom is -0.374 e. The molecule has 0 aromatic carbocycles. The third-order valence-corrected chi connectivity index (χ3v) is 2.14. The predicted molar refractivity (Wildman–Crippen MR) is 36.2 cm³/mol. The summed E-state index contributed by atoms with van der Waals surface area (Å²) >= 11 is 0. The Bertz CT molecular complexity index is 115. The fraction of sp³-hybridized carbons (Fsp3) is 0.750. The Morgan fingerprint density at radius 1 is 1.33 bits per heavy atom. The maximum Gasteiger partial charge on any atom is 0.0651 e. The molecule has 1 nitrogen and oxygen atoms in total. The Hall–Kier alpha value is -0.300. The first-order valence-electron chi connectivity index (χ1n) is 3.73. The van der Waals surface area contributed by atoms with Crippen molar-refractivity contribution in [1.82, 2.24) is 0 Å². The molecule has 0 radical (unpaired) electrons. The zero-order valence-electron chi connectivity index (χ0n) is 5.55. The minimum absolute atomic E-state index is 0.634. The lowest BCUT2D eigenvalue weighted by Gasteiger charge is -2.01. The summed E-state index contributed by atoms with van der Waals surface area (Å²) in [7, 11) is 0. The van der Waals surface area contributed by atoms with E-state index in [4.69, 9.17) is 4.74 Å². The first-order valence-corrected chi connectivity index (χ1v) is 3.73. The Balaban J connectivity index is 1.91. The number of hydrogen-bond donors (Lipinski definition) is 0. The molecule has 1 aliphatic heterocycles. The standard InChI is InChI=1S/C8H12O/c1-2-4-7-6-8(7)9-5-3-1/h1,3,7-8H,2,4-6H2. The van der Waals surface area contributed by atoms with Gasteiger partial charge in [0.1, 0.15) is 0 Å². The summed E-state index contributed by atoms with van der Waals surface area (Å²) in [6.07, 6.45) is 8.94. The largest absolute Gasteiger partial charge is 0.374 e. The van der Waals surface area contributed by atoms with Crippen molar-refractivity contribution in [3.05, 3.63) is 12.2 Å². The van der Waals surface area contributed by atoms with Crippen LogP contribution in [-0.4, -0.2) is 12.7 Å². The average molecular weight is 124 g/mol. The topological polar surface area (TPSA) is 9.23 Å². The molecule has 50 valence electrons. The van der Waals surface area contributed by atoms with Gasteiger partial charge < -0.3 is 4.74 Å². The van der Waals surface area contributed by atoms with Gasteiger partial charge in [-0.05, 0) is 25.2 Å². The normalized spacial score (nSPS) is 40.9. The monoisotopic (exact) mass is 124 g/mol. The second kappa shape index (κ2) is 2.14. The molecule has 2 aliphatic rings. The summed E-state index contributed by atoms with van der Waals surface area (Å²) in [5.41, 5.74) is 0. The fourth-order valence-electron chi connectivity index (χ4n) is 1.40. The third-order valence-electron chi connectivity index (χ3n) is 2.14. The van der Waals surface area contributed by atoms with E-state index in [-0.39, 0.29) is 0 Å². The van der Waals surface area contributed by atoms with E-state index in [9.17, 15) is 0 Å². The van der Waals surface area contributed by atoms with Crippen LogP contribution in [0.1, 0.15) is 19.3 Å². The summed E-state index contributed by atoms with van der Waals surface area (Å²) in [5.74, 6) is 0.912. The van der Waals surface area contributed by atoms with E-state index >= 15 is 0 Å². The molecule has 0 bridgehead atoms. The highest BCUT2D eigenvalue weighted by atomic mass is 16.5. The van der Waals surface area contributed by atoms with Gasteiger partial charge in [-0.3, -0.25) is 0 Å². The molecule has 0 N–H and O–H groups in total. The van der Waals surface area contributed by atoms with Crippen LogP contribution in [0, 0.1) is 5.92 Å². The SMILES string of the molecule is C1=CCOC2CC2CC1. The molecule has 1 fully saturated rings. The molecule has 0 amide bonds. The maximum atomic E-state index is 5.47. The molecule has 0 spiro atoms. The van der Waals surface area contributed by atoms with Gasteiger partial charge in [0.2, 0.25) is 0 Å². The van der Waals surface area contributed by atoms with Gasteiger partial charge in [0.25, 0.3) is 0 Å². The van der Waals surface area contributed by atoms with Gasteiger partial charge in [-0.25, -0.2) is 0 Å². The van der Waals surface area contributed by atoms with Crippen LogP contribution in [0.3, 0.4) is 0 Å². The van der Waals surface area contributed by atoms with Crippen molar-refractivity contribution < 1.29 is 4.74 Å². The van der Waals surface area contributed by atoms with Crippen molar-refractivity contribution in [2.24, 2.45) is 5.92 Å². The smallest absolute Gasteiger partial charge is 0.0651 e. The van der Waals surface area contributed by atoms with Crippen LogP contribution in [0.25, 0.3) is 0 Å². The predicted octanol–water partition coefficient (Wildman–Crippen LogP) is 1.74. The third kappa shape index (κ3) is 1.16. The van der Waals surface area contributed by atoms with Crippen molar-refractivity contribution in [2.75, 3.05) is 6.61 Å². The van der Waals surface area contributed by atoms with E-state index in [1.54, 1.807) is 0 Å². The van der Waals surface area contributed by atoms with Gasteiger partial charge in [0.05, 0.1) is 12.7 Å². The van der Waals surface area contributed by atoms with Gasteiger partial charge >= 0.3 is 0 Å². The van der Waals surface area contributed by atoms with Crippen LogP contribution in [-0.2, 0) is 4.74 Å². The molecule has 1 heteroatoms. The molecule has 0 aromatic heterocycles. The molecule has 2 atom stereocenters. The summed E-state index contributed by atoms with van der Waals surface area (Å²) in [4.78, 5) is 0. The van der Waals surface area contributed by atoms with E-state index in [1.165, 1.54) is 19.3 Å². The second-order valence-corrected chi connectivity index (χ2v) is 2.92. The van der Waals surface area contributed by atoms with Gasteiger partial charge in [0.15, 0.2) is 0 Å². The number of hydrogen-bond acceptors (Lipinski definition) is 1. The maximum absolute atomic E-state index is 5.47. The van der Waals surface area contributed by atoms with Gasteiger partial charge in [-0.2, -0.15) is 0 Å². The Morgan fingerprint density at radius 2 is 2.33 bits per heavy atom. The highest BCUT2D eigenvalue weighted by Crippen LogP contribution is 2.38. The Morgan fingerprint density at radius 3 is 3.33 bits per heavy atom. The van der Waals surface area contributed by atoms with Crippen molar-refractivity contribution in [3.63, 3.8) is 0 Å². The molecule has 9 heavy (non-hydrogen) atoms. The van der Waals surface area contributed by atoms with Crippen LogP contribution < -0.4 is 0 Å². The second-order valence-electron chi connectivity index (χ2n) is 2.92. The van der Waals surface area contributed by atoms with Gasteiger partial charge in [0, 0.05) is 0 Å². The first-order chi connectivity index (χ1) is 4.47. The lowest BCUT2D eigenvalue weighted by Crippen LogP contribution is -1.98. The quantitative estimate of drug-likeness (QED) is 0.447. The summed E-state index contributed by atoms with van der Waals surface area (Å²) in [6, 6.07) is 0. The molecule has 2 rings (SSSR count). The highest BCUT2D eigenvalue weighted by Gasteiger charge is 2.37. The summed E-state index contributed by atoms with van der Waals surface area (Å²) in [6.45, 7) is 0.848. The molecule has 0 aromatic rings. The van der Waals surface area contributed by atoms with Crippen LogP contribution in [0.15, 0.2) is 12.2 Å². The van der Waals surface area contributed by atoms with Crippen LogP contribution in [0.2, 0.25) is 0 Å². The zero-order valence-corrected chi connectivity index (χ0v) is 5.55. The van der Waals surface area contributed by atoms with Crippen molar-refractivity contribution in [2.45, 2.75) is 25.4 Å². The van der Waals surface area contributed by atoms with Crippen LogP contribution >= 0.6 is 0 Å². The Labute approximate surface area is 55.7 Å². The van der Waals surface area contributed by atoms with Crippen LogP contribution in [0.4, 0.5) is 0 Å². The number of rotatable bonds is 0. The number of fused-ring (bicyclic) bond motifs is 1. The van der Waals surface area contributed by atoms with Crippen molar-refractivity contribution in [1.29, 1.82) is 0 Å². The van der Waals surface area contributed by atoms with Crippen molar-refractivity contribution in [3.8, 4) is 0 Å². The van der Waals surface area contributed by atoms with E-state index in [2.05, 4.69) is 12.2 Å². The molecular weight excluding hydrogens is 112 g/mol. The molecule has 0 saturated heterocycles. The molecule has 1 aliphatic carbocycles. The first kappa shape index (κ1) is 5.48. The van der Waals surface area contributed by atoms with Gasteiger partial charge in [-0.15, -0.1) is 0 Å². The van der Waals surface area contributed by atoms with Gasteiger partial charge in [-0.1, -0.05) is 12.2 Å². The molecule has 1 saturated carbocycles. The minimum atomic E-state index is 0.634. The fourth-order valence-corrected chi connectivity index (χ4v) is 1.40. The number of ether oxygens (including phenoxy) is 1. The molecule has 1 heterocycles. The lowest BCUT2D eigenvalue weighted by atomic mass is 10.2. The Kier molecular flexibility index (Phi) is 1.31. The molecular formula is C8H12O. The highest BCUT2D eigenvalue weighted by molar-refractivity contribution is 4.94. The summed E-state index contributed by atoms with van der Waals surface area (Å²) in [5, 5.41) is 0. The van der Waals surface area contributed by atoms with E-state index < -0.39 is 0 Å². The van der Waals surface area contributed by atoms with E-state index in [0.717, 1.165) is 12.5 Å². The van der Waals surface area contributed by atoms with Crippen LogP contribution in [0.5, 0.6) is 0 Å². The lowest BCUT2D eigenvalue weighted by molar-refractivity contribution is 0.132. The van der Waals surface area contributed by atoms with E-state index in [1.807, 2.05) is 0 Å². The zero-order chi connectivity index (χ0) is 6.10. The van der Waals surface area contributed by atoms with Crippen molar-refractivity contribution >= 4 is 0 Å². The summed E-state index contributed by atoms with van der Waals surface area (Å²) < 4.78 is 5.47. The average Bonchev–Trinajstić information content (AvgIpc) is 2.46. The number of allylic oxidation sites excluding steroid dienone is 1.